The number of hydrogen-bond acceptors (Lipinski definition) is 5. The van der Waals surface area contributed by atoms with Gasteiger partial charge in [0.2, 0.25) is 5.95 Å². The second kappa shape index (κ2) is 11.5. The van der Waals surface area contributed by atoms with Crippen LogP contribution in [0.3, 0.4) is 0 Å². The lowest BCUT2D eigenvalue weighted by Gasteiger charge is -2.37. The van der Waals surface area contributed by atoms with Crippen molar-refractivity contribution in [3.8, 4) is 16.9 Å². The highest BCUT2D eigenvalue weighted by Crippen LogP contribution is 2.40. The number of aromatic nitrogens is 1. The molecule has 0 bridgehead atoms. The first kappa shape index (κ1) is 27.4. The van der Waals surface area contributed by atoms with Crippen LogP contribution in [0.1, 0.15) is 40.9 Å². The van der Waals surface area contributed by atoms with Gasteiger partial charge >= 0.3 is 0 Å². The number of benzene rings is 2. The number of fused-ring (bicyclic) bond motifs is 1. The highest BCUT2D eigenvalue weighted by molar-refractivity contribution is 7.21. The van der Waals surface area contributed by atoms with Crippen molar-refractivity contribution in [3.63, 3.8) is 0 Å². The minimum absolute atomic E-state index is 0.0191. The van der Waals surface area contributed by atoms with Crippen LogP contribution in [0.25, 0.3) is 21.2 Å². The van der Waals surface area contributed by atoms with Crippen LogP contribution in [0.2, 0.25) is 5.02 Å². The fraction of sp³-hybridized carbons (Fsp3) is 0.310. The van der Waals surface area contributed by atoms with Gasteiger partial charge < -0.3 is 15.0 Å². The van der Waals surface area contributed by atoms with E-state index in [-0.39, 0.29) is 38.5 Å². The van der Waals surface area contributed by atoms with Crippen LogP contribution < -0.4 is 10.1 Å². The molecule has 4 aromatic rings. The van der Waals surface area contributed by atoms with Crippen LogP contribution in [0.15, 0.2) is 48.7 Å². The summed E-state index contributed by atoms with van der Waals surface area (Å²) in [6.07, 6.45) is 4.72. The minimum atomic E-state index is -0.671. The Morgan fingerprint density at radius 3 is 2.44 bits per heavy atom. The maximum absolute atomic E-state index is 14.6. The van der Waals surface area contributed by atoms with E-state index in [0.29, 0.717) is 17.4 Å². The zero-order valence-electron chi connectivity index (χ0n) is 21.4. The van der Waals surface area contributed by atoms with Crippen LogP contribution >= 0.6 is 22.9 Å². The standard InChI is InChI=1S/C29H27ClF3N3O2S/c1-34-19-5-7-20(8-6-19)36(29(37)28-26(30)25-21(31)9-10-22(32)27(25)39-28)15-18-13-16(3-11-23(18)38-2)17-4-12-24(33)35-14-17/h3-4,9-14,19-20,34H,5-8,15H2,1-2H3/t19-,20+. The second-order valence-electron chi connectivity index (χ2n) is 9.60. The Morgan fingerprint density at radius 2 is 1.79 bits per heavy atom. The summed E-state index contributed by atoms with van der Waals surface area (Å²) in [5, 5.41) is 3.15. The summed E-state index contributed by atoms with van der Waals surface area (Å²) in [4.78, 5) is 19.7. The number of nitrogens with one attached hydrogen (secondary N) is 1. The monoisotopic (exact) mass is 573 g/mol. The van der Waals surface area contributed by atoms with E-state index in [1.54, 1.807) is 24.1 Å². The summed E-state index contributed by atoms with van der Waals surface area (Å²) < 4.78 is 48.2. The molecule has 0 aliphatic heterocycles. The quantitative estimate of drug-likeness (QED) is 0.237. The van der Waals surface area contributed by atoms with Crippen molar-refractivity contribution < 1.29 is 22.7 Å². The molecule has 10 heteroatoms. The Morgan fingerprint density at radius 1 is 1.08 bits per heavy atom. The van der Waals surface area contributed by atoms with E-state index >= 15 is 0 Å². The summed E-state index contributed by atoms with van der Waals surface area (Å²) in [5.74, 6) is -1.68. The van der Waals surface area contributed by atoms with Crippen molar-refractivity contribution in [1.82, 2.24) is 15.2 Å². The highest BCUT2D eigenvalue weighted by atomic mass is 35.5. The first-order valence-electron chi connectivity index (χ1n) is 12.6. The maximum Gasteiger partial charge on any atom is 0.266 e. The van der Waals surface area contributed by atoms with Gasteiger partial charge in [-0.05, 0) is 74.7 Å². The third kappa shape index (κ3) is 5.48. The fourth-order valence-corrected chi connectivity index (χ4v) is 6.73. The third-order valence-electron chi connectivity index (χ3n) is 7.36. The van der Waals surface area contributed by atoms with E-state index in [1.165, 1.54) is 12.3 Å². The molecule has 0 radical (unpaired) electrons. The number of thiophene rings is 1. The summed E-state index contributed by atoms with van der Waals surface area (Å²) in [5.41, 5.74) is 2.23. The molecule has 0 spiro atoms. The molecule has 0 unspecified atom stereocenters. The zero-order chi connectivity index (χ0) is 27.7. The van der Waals surface area contributed by atoms with Crippen molar-refractivity contribution in [2.24, 2.45) is 0 Å². The smallest absolute Gasteiger partial charge is 0.266 e. The molecule has 5 nitrogen and oxygen atoms in total. The Hall–Kier alpha value is -3.14. The van der Waals surface area contributed by atoms with Gasteiger partial charge in [0.15, 0.2) is 0 Å². The zero-order valence-corrected chi connectivity index (χ0v) is 23.0. The van der Waals surface area contributed by atoms with Crippen LogP contribution in [-0.2, 0) is 6.54 Å². The SMILES string of the molecule is CN[C@H]1CC[C@@H](N(Cc2cc(-c3ccc(F)nc3)ccc2OC)C(=O)c2sc3c(F)ccc(F)c3c2Cl)CC1. The number of nitrogens with zero attached hydrogens (tertiary/aromatic N) is 2. The largest absolute Gasteiger partial charge is 0.496 e. The Bertz CT molecular complexity index is 1500. The van der Waals surface area contributed by atoms with Crippen LogP contribution in [-0.4, -0.2) is 42.0 Å². The van der Waals surface area contributed by atoms with Crippen LogP contribution in [0, 0.1) is 17.6 Å². The topological polar surface area (TPSA) is 54.5 Å². The number of pyridine rings is 1. The molecule has 1 saturated carbocycles. The lowest BCUT2D eigenvalue weighted by Crippen LogP contribution is -2.44. The lowest BCUT2D eigenvalue weighted by molar-refractivity contribution is 0.0604. The number of carbonyl (C=O) groups is 1. The summed E-state index contributed by atoms with van der Waals surface area (Å²) in [6, 6.07) is 10.8. The average Bonchev–Trinajstić information content (AvgIpc) is 3.32. The molecular formula is C29H27ClF3N3O2S. The minimum Gasteiger partial charge on any atom is -0.496 e. The molecule has 1 aliphatic rings. The number of carbonyl (C=O) groups excluding carboxylic acids is 1. The van der Waals surface area contributed by atoms with E-state index in [0.717, 1.165) is 60.3 Å². The number of ether oxygens (including phenoxy) is 1. The Balaban J connectivity index is 1.55. The van der Waals surface area contributed by atoms with Crippen molar-refractivity contribution in [2.75, 3.05) is 14.2 Å². The Kier molecular flexibility index (Phi) is 8.11. The van der Waals surface area contributed by atoms with E-state index < -0.39 is 17.6 Å². The molecule has 1 fully saturated rings. The van der Waals surface area contributed by atoms with Gasteiger partial charge in [0.25, 0.3) is 5.91 Å². The van der Waals surface area contributed by atoms with E-state index in [9.17, 15) is 18.0 Å². The second-order valence-corrected chi connectivity index (χ2v) is 11.0. The fourth-order valence-electron chi connectivity index (χ4n) is 5.22. The summed E-state index contributed by atoms with van der Waals surface area (Å²) in [6.45, 7) is 0.189. The van der Waals surface area contributed by atoms with Crippen molar-refractivity contribution in [1.29, 1.82) is 0 Å². The van der Waals surface area contributed by atoms with Gasteiger partial charge in [-0.2, -0.15) is 4.39 Å². The molecule has 204 valence electrons. The van der Waals surface area contributed by atoms with Gasteiger partial charge in [0.1, 0.15) is 22.3 Å². The number of hydrogen-bond donors (Lipinski definition) is 1. The van der Waals surface area contributed by atoms with E-state index in [1.807, 2.05) is 19.2 Å². The predicted molar refractivity (Wildman–Crippen MR) is 148 cm³/mol. The predicted octanol–water partition coefficient (Wildman–Crippen LogP) is 7.22. The maximum atomic E-state index is 14.6. The van der Waals surface area contributed by atoms with Crippen molar-refractivity contribution >= 4 is 38.9 Å². The molecular weight excluding hydrogens is 547 g/mol. The van der Waals surface area contributed by atoms with Crippen molar-refractivity contribution in [2.45, 2.75) is 44.3 Å². The first-order valence-corrected chi connectivity index (χ1v) is 13.8. The Labute approximate surface area is 233 Å². The number of amides is 1. The van der Waals surface area contributed by atoms with Crippen LogP contribution in [0.4, 0.5) is 13.2 Å². The molecule has 0 atom stereocenters. The summed E-state index contributed by atoms with van der Waals surface area (Å²) >= 11 is 7.39. The molecule has 5 rings (SSSR count). The van der Waals surface area contributed by atoms with Gasteiger partial charge in [-0.25, -0.2) is 13.8 Å². The number of rotatable bonds is 7. The average molecular weight is 574 g/mol. The van der Waals surface area contributed by atoms with E-state index in [2.05, 4.69) is 10.3 Å². The molecule has 1 amide bonds. The van der Waals surface area contributed by atoms with Gasteiger partial charge in [0.05, 0.1) is 22.2 Å². The molecule has 39 heavy (non-hydrogen) atoms. The summed E-state index contributed by atoms with van der Waals surface area (Å²) in [7, 11) is 3.48. The molecule has 2 aromatic heterocycles. The highest BCUT2D eigenvalue weighted by Gasteiger charge is 2.33. The molecule has 0 saturated heterocycles. The molecule has 1 aliphatic carbocycles. The lowest BCUT2D eigenvalue weighted by atomic mass is 9.89. The van der Waals surface area contributed by atoms with Gasteiger partial charge in [-0.15, -0.1) is 11.3 Å². The van der Waals surface area contributed by atoms with Crippen molar-refractivity contribution in [3.05, 3.63) is 81.7 Å². The normalized spacial score (nSPS) is 17.4. The van der Waals surface area contributed by atoms with Crippen LogP contribution in [0.5, 0.6) is 5.75 Å². The van der Waals surface area contributed by atoms with Gasteiger partial charge in [-0.1, -0.05) is 17.7 Å². The molecule has 2 aromatic carbocycles. The van der Waals surface area contributed by atoms with Gasteiger partial charge in [0, 0.05) is 36.0 Å². The molecule has 2 heterocycles. The third-order valence-corrected chi connectivity index (χ3v) is 9.04. The van der Waals surface area contributed by atoms with E-state index in [4.69, 9.17) is 16.3 Å². The molecule has 1 N–H and O–H groups in total. The van der Waals surface area contributed by atoms with Gasteiger partial charge in [-0.3, -0.25) is 4.79 Å². The number of halogens is 4. The first-order chi connectivity index (χ1) is 18.8. The number of methoxy groups -OCH3 is 1.